The molecule has 1 rings (SSSR count). The Labute approximate surface area is 87.9 Å². The Balaban J connectivity index is 2.53. The SMILES string of the molecule is CCCCCN1C(C)=C(C)N(C)N1C. The van der Waals surface area contributed by atoms with Gasteiger partial charge in [0, 0.05) is 32.0 Å². The van der Waals surface area contributed by atoms with Crippen molar-refractivity contribution in [3.8, 4) is 0 Å². The molecule has 0 aromatic carbocycles. The van der Waals surface area contributed by atoms with Crippen LogP contribution in [0.5, 0.6) is 0 Å². The quantitative estimate of drug-likeness (QED) is 0.641. The lowest BCUT2D eigenvalue weighted by atomic mass is 10.2. The first-order valence-electron chi connectivity index (χ1n) is 5.51. The molecule has 0 aliphatic carbocycles. The van der Waals surface area contributed by atoms with Crippen LogP contribution in [0, 0.1) is 0 Å². The molecule has 0 N–H and O–H groups in total. The van der Waals surface area contributed by atoms with Gasteiger partial charge in [0.1, 0.15) is 0 Å². The van der Waals surface area contributed by atoms with E-state index in [4.69, 9.17) is 0 Å². The lowest BCUT2D eigenvalue weighted by Crippen LogP contribution is -2.41. The van der Waals surface area contributed by atoms with Crippen molar-refractivity contribution in [2.75, 3.05) is 20.6 Å². The maximum Gasteiger partial charge on any atom is 0.0486 e. The highest BCUT2D eigenvalue weighted by atomic mass is 15.9. The first-order chi connectivity index (χ1) is 6.59. The number of allylic oxidation sites excluding steroid dienone is 2. The maximum absolute atomic E-state index is 2.35. The minimum absolute atomic E-state index is 1.14. The minimum Gasteiger partial charge on any atom is -0.294 e. The van der Waals surface area contributed by atoms with Crippen LogP contribution in [0.4, 0.5) is 0 Å². The molecule has 0 saturated carbocycles. The summed E-state index contributed by atoms with van der Waals surface area (Å²) in [5.74, 6) is 0. The Morgan fingerprint density at radius 1 is 1.00 bits per heavy atom. The summed E-state index contributed by atoms with van der Waals surface area (Å²) >= 11 is 0. The highest BCUT2D eigenvalue weighted by Gasteiger charge is 2.25. The molecule has 0 aromatic rings. The van der Waals surface area contributed by atoms with E-state index in [1.807, 2.05) is 0 Å². The number of rotatable bonds is 4. The Morgan fingerprint density at radius 3 is 2.07 bits per heavy atom. The molecular formula is C11H23N3. The van der Waals surface area contributed by atoms with Crippen molar-refractivity contribution >= 4 is 0 Å². The third-order valence-electron chi connectivity index (χ3n) is 3.15. The summed E-state index contributed by atoms with van der Waals surface area (Å²) in [5.41, 5.74) is 2.73. The van der Waals surface area contributed by atoms with Crippen molar-refractivity contribution in [1.82, 2.24) is 15.1 Å². The molecule has 82 valence electrons. The van der Waals surface area contributed by atoms with Crippen LogP contribution in [0.2, 0.25) is 0 Å². The summed E-state index contributed by atoms with van der Waals surface area (Å²) in [6, 6.07) is 0. The number of hydrogen-bond donors (Lipinski definition) is 0. The van der Waals surface area contributed by atoms with E-state index in [1.165, 1.54) is 30.7 Å². The molecule has 0 saturated heterocycles. The molecule has 1 aliphatic heterocycles. The Bertz CT molecular complexity index is 223. The van der Waals surface area contributed by atoms with Crippen molar-refractivity contribution in [3.05, 3.63) is 11.4 Å². The highest BCUT2D eigenvalue weighted by molar-refractivity contribution is 5.10. The molecule has 14 heavy (non-hydrogen) atoms. The summed E-state index contributed by atoms with van der Waals surface area (Å²) in [6.45, 7) is 7.75. The van der Waals surface area contributed by atoms with Gasteiger partial charge in [-0.25, -0.2) is 0 Å². The van der Waals surface area contributed by atoms with Gasteiger partial charge in [-0.05, 0) is 20.3 Å². The van der Waals surface area contributed by atoms with Gasteiger partial charge in [0.2, 0.25) is 0 Å². The van der Waals surface area contributed by atoms with Gasteiger partial charge in [-0.15, -0.1) is 5.12 Å². The average molecular weight is 197 g/mol. The van der Waals surface area contributed by atoms with Gasteiger partial charge in [-0.3, -0.25) is 10.0 Å². The van der Waals surface area contributed by atoms with Gasteiger partial charge in [0.15, 0.2) is 0 Å². The van der Waals surface area contributed by atoms with Crippen LogP contribution in [0.25, 0.3) is 0 Å². The standard InChI is InChI=1S/C11H23N3/c1-6-7-8-9-14-11(3)10(2)12(4)13(14)5/h6-9H2,1-5H3. The van der Waals surface area contributed by atoms with E-state index in [2.05, 4.69) is 50.0 Å². The summed E-state index contributed by atoms with van der Waals surface area (Å²) in [5, 5.41) is 6.74. The predicted octanol–water partition coefficient (Wildman–Crippen LogP) is 2.44. The molecule has 0 fully saturated rings. The third kappa shape index (κ3) is 2.03. The van der Waals surface area contributed by atoms with Crippen molar-refractivity contribution in [3.63, 3.8) is 0 Å². The lowest BCUT2D eigenvalue weighted by molar-refractivity contribution is -0.0804. The summed E-state index contributed by atoms with van der Waals surface area (Å²) in [4.78, 5) is 0. The number of nitrogens with zero attached hydrogens (tertiary/aromatic N) is 3. The zero-order valence-electron chi connectivity index (χ0n) is 10.2. The Morgan fingerprint density at radius 2 is 1.64 bits per heavy atom. The first kappa shape index (κ1) is 11.4. The largest absolute Gasteiger partial charge is 0.294 e. The van der Waals surface area contributed by atoms with Crippen LogP contribution in [0.3, 0.4) is 0 Å². The molecule has 0 bridgehead atoms. The molecule has 1 aliphatic rings. The fourth-order valence-corrected chi connectivity index (χ4v) is 1.84. The normalized spacial score (nSPS) is 18.6. The highest BCUT2D eigenvalue weighted by Crippen LogP contribution is 2.24. The van der Waals surface area contributed by atoms with E-state index in [9.17, 15) is 0 Å². The molecule has 0 amide bonds. The fourth-order valence-electron chi connectivity index (χ4n) is 1.84. The molecule has 0 unspecified atom stereocenters. The summed E-state index contributed by atoms with van der Waals surface area (Å²) in [7, 11) is 4.23. The van der Waals surface area contributed by atoms with Crippen LogP contribution < -0.4 is 0 Å². The zero-order valence-corrected chi connectivity index (χ0v) is 10.2. The van der Waals surface area contributed by atoms with E-state index in [0.717, 1.165) is 6.54 Å². The molecule has 1 heterocycles. The molecular weight excluding hydrogens is 174 g/mol. The summed E-state index contributed by atoms with van der Waals surface area (Å²) in [6.07, 6.45) is 3.88. The molecule has 0 spiro atoms. The third-order valence-corrected chi connectivity index (χ3v) is 3.15. The van der Waals surface area contributed by atoms with E-state index in [1.54, 1.807) is 0 Å². The number of hydrogen-bond acceptors (Lipinski definition) is 3. The van der Waals surface area contributed by atoms with Crippen LogP contribution in [0.15, 0.2) is 11.4 Å². The van der Waals surface area contributed by atoms with Gasteiger partial charge >= 0.3 is 0 Å². The van der Waals surface area contributed by atoms with Crippen molar-refractivity contribution in [2.45, 2.75) is 40.0 Å². The van der Waals surface area contributed by atoms with Crippen molar-refractivity contribution in [1.29, 1.82) is 0 Å². The first-order valence-corrected chi connectivity index (χ1v) is 5.51. The van der Waals surface area contributed by atoms with E-state index in [0.29, 0.717) is 0 Å². The van der Waals surface area contributed by atoms with Gasteiger partial charge < -0.3 is 0 Å². The van der Waals surface area contributed by atoms with Crippen molar-refractivity contribution in [2.24, 2.45) is 0 Å². The van der Waals surface area contributed by atoms with Gasteiger partial charge in [0.25, 0.3) is 0 Å². The second kappa shape index (κ2) is 4.69. The topological polar surface area (TPSA) is 9.72 Å². The van der Waals surface area contributed by atoms with Crippen LogP contribution in [-0.4, -0.2) is 35.8 Å². The van der Waals surface area contributed by atoms with Gasteiger partial charge in [-0.2, -0.15) is 0 Å². The van der Waals surface area contributed by atoms with E-state index < -0.39 is 0 Å². The van der Waals surface area contributed by atoms with Gasteiger partial charge in [0.05, 0.1) is 0 Å². The van der Waals surface area contributed by atoms with E-state index >= 15 is 0 Å². The average Bonchev–Trinajstić information content (AvgIpc) is 2.35. The zero-order chi connectivity index (χ0) is 10.7. The number of hydrazine groups is 2. The van der Waals surface area contributed by atoms with Gasteiger partial charge in [-0.1, -0.05) is 19.8 Å². The Kier molecular flexibility index (Phi) is 3.81. The second-order valence-corrected chi connectivity index (χ2v) is 4.01. The molecule has 0 aromatic heterocycles. The smallest absolute Gasteiger partial charge is 0.0486 e. The van der Waals surface area contributed by atoms with Crippen molar-refractivity contribution < 1.29 is 0 Å². The minimum atomic E-state index is 1.14. The number of unbranched alkanes of at least 4 members (excludes halogenated alkanes) is 2. The lowest BCUT2D eigenvalue weighted by Gasteiger charge is -2.31. The fraction of sp³-hybridized carbons (Fsp3) is 0.818. The summed E-state index contributed by atoms with van der Waals surface area (Å²) < 4.78 is 0. The molecule has 3 nitrogen and oxygen atoms in total. The maximum atomic E-state index is 2.35. The molecule has 0 radical (unpaired) electrons. The second-order valence-electron chi connectivity index (χ2n) is 4.01. The van der Waals surface area contributed by atoms with Crippen LogP contribution in [-0.2, 0) is 0 Å². The van der Waals surface area contributed by atoms with Crippen LogP contribution >= 0.6 is 0 Å². The van der Waals surface area contributed by atoms with E-state index in [-0.39, 0.29) is 0 Å². The Hall–Kier alpha value is -0.700. The molecule has 3 heteroatoms. The van der Waals surface area contributed by atoms with Crippen LogP contribution in [0.1, 0.15) is 40.0 Å². The monoisotopic (exact) mass is 197 g/mol. The molecule has 0 atom stereocenters. The predicted molar refractivity (Wildman–Crippen MR) is 60.1 cm³/mol.